The van der Waals surface area contributed by atoms with Crippen LogP contribution >= 0.6 is 22.6 Å². The van der Waals surface area contributed by atoms with Gasteiger partial charge in [-0.15, -0.1) is 0 Å². The van der Waals surface area contributed by atoms with Gasteiger partial charge in [0.05, 0.1) is 7.11 Å². The minimum atomic E-state index is -3.77. The molecule has 21 heavy (non-hydrogen) atoms. The van der Waals surface area contributed by atoms with Crippen molar-refractivity contribution in [2.75, 3.05) is 17.6 Å². The van der Waals surface area contributed by atoms with Crippen molar-refractivity contribution in [1.29, 1.82) is 0 Å². The van der Waals surface area contributed by atoms with Crippen molar-refractivity contribution in [2.24, 2.45) is 0 Å². The fraction of sp³-hybridized carbons (Fsp3) is 0.143. The Morgan fingerprint density at radius 1 is 1.24 bits per heavy atom. The van der Waals surface area contributed by atoms with Gasteiger partial charge in [-0.3, -0.25) is 4.72 Å². The third kappa shape index (κ3) is 3.59. The smallest absolute Gasteiger partial charge is 0.265 e. The molecule has 2 aromatic rings. The molecule has 0 unspecified atom stereocenters. The number of nitrogens with one attached hydrogen (secondary N) is 1. The lowest BCUT2D eigenvalue weighted by Crippen LogP contribution is -2.15. The average Bonchev–Trinajstić information content (AvgIpc) is 2.40. The van der Waals surface area contributed by atoms with Gasteiger partial charge in [-0.05, 0) is 65.4 Å². The highest BCUT2D eigenvalue weighted by molar-refractivity contribution is 14.1. The molecule has 2 aromatic carbocycles. The Kier molecular flexibility index (Phi) is 4.62. The van der Waals surface area contributed by atoms with Crippen molar-refractivity contribution in [3.05, 3.63) is 45.5 Å². The second-order valence-electron chi connectivity index (χ2n) is 4.48. The van der Waals surface area contributed by atoms with Crippen LogP contribution in [0.2, 0.25) is 0 Å². The SMILES string of the molecule is COc1cc(C)c(N)cc1S(=O)(=O)Nc1cccc(I)c1. The van der Waals surface area contributed by atoms with Crippen LogP contribution in [0, 0.1) is 10.5 Å². The number of methoxy groups -OCH3 is 1. The van der Waals surface area contributed by atoms with Crippen LogP contribution in [0.5, 0.6) is 5.75 Å². The fourth-order valence-electron chi connectivity index (χ4n) is 1.81. The molecule has 3 N–H and O–H groups in total. The number of nitrogens with two attached hydrogens (primary N) is 1. The molecular weight excluding hydrogens is 403 g/mol. The number of halogens is 1. The highest BCUT2D eigenvalue weighted by atomic mass is 127. The fourth-order valence-corrected chi connectivity index (χ4v) is 3.59. The number of anilines is 2. The van der Waals surface area contributed by atoms with Gasteiger partial charge in [0.15, 0.2) is 0 Å². The topological polar surface area (TPSA) is 81.4 Å². The number of aryl methyl sites for hydroxylation is 1. The van der Waals surface area contributed by atoms with Crippen molar-refractivity contribution < 1.29 is 13.2 Å². The van der Waals surface area contributed by atoms with E-state index < -0.39 is 10.0 Å². The Morgan fingerprint density at radius 2 is 1.95 bits per heavy atom. The third-order valence-electron chi connectivity index (χ3n) is 2.92. The molecule has 0 saturated carbocycles. The highest BCUT2D eigenvalue weighted by Gasteiger charge is 2.21. The lowest BCUT2D eigenvalue weighted by atomic mass is 10.2. The van der Waals surface area contributed by atoms with Gasteiger partial charge in [-0.25, -0.2) is 8.42 Å². The van der Waals surface area contributed by atoms with Crippen molar-refractivity contribution >= 4 is 44.0 Å². The molecule has 0 heterocycles. The number of benzene rings is 2. The van der Waals surface area contributed by atoms with E-state index in [4.69, 9.17) is 10.5 Å². The van der Waals surface area contributed by atoms with E-state index in [-0.39, 0.29) is 10.6 Å². The maximum absolute atomic E-state index is 12.5. The molecule has 0 fully saturated rings. The number of sulfonamides is 1. The third-order valence-corrected chi connectivity index (χ3v) is 4.99. The largest absolute Gasteiger partial charge is 0.495 e. The molecule has 0 spiro atoms. The summed E-state index contributed by atoms with van der Waals surface area (Å²) in [5.74, 6) is 0.264. The van der Waals surface area contributed by atoms with E-state index in [0.717, 1.165) is 9.13 Å². The summed E-state index contributed by atoms with van der Waals surface area (Å²) in [5.41, 5.74) is 7.46. The van der Waals surface area contributed by atoms with Crippen LogP contribution in [0.4, 0.5) is 11.4 Å². The maximum atomic E-state index is 12.5. The molecule has 0 aromatic heterocycles. The number of nitrogen functional groups attached to an aromatic ring is 1. The first kappa shape index (κ1) is 15.9. The first-order valence-electron chi connectivity index (χ1n) is 6.06. The van der Waals surface area contributed by atoms with Crippen LogP contribution in [0.25, 0.3) is 0 Å². The molecule has 0 amide bonds. The Morgan fingerprint density at radius 3 is 2.57 bits per heavy atom. The minimum absolute atomic E-state index is 0.0203. The van der Waals surface area contributed by atoms with E-state index in [1.807, 2.05) is 6.07 Å². The summed E-state index contributed by atoms with van der Waals surface area (Å²) < 4.78 is 33.6. The van der Waals surface area contributed by atoms with Crippen molar-refractivity contribution in [2.45, 2.75) is 11.8 Å². The van der Waals surface area contributed by atoms with E-state index in [9.17, 15) is 8.42 Å². The van der Waals surface area contributed by atoms with E-state index in [1.165, 1.54) is 13.2 Å². The summed E-state index contributed by atoms with van der Waals surface area (Å²) in [7, 11) is -2.34. The van der Waals surface area contributed by atoms with Crippen molar-refractivity contribution in [1.82, 2.24) is 0 Å². The van der Waals surface area contributed by atoms with Crippen LogP contribution in [0.15, 0.2) is 41.3 Å². The van der Waals surface area contributed by atoms with Crippen molar-refractivity contribution in [3.8, 4) is 5.75 Å². The zero-order valence-corrected chi connectivity index (χ0v) is 14.5. The summed E-state index contributed by atoms with van der Waals surface area (Å²) in [5, 5.41) is 0. The van der Waals surface area contributed by atoms with Gasteiger partial charge in [0.25, 0.3) is 10.0 Å². The Labute approximate surface area is 137 Å². The second-order valence-corrected chi connectivity index (χ2v) is 7.37. The lowest BCUT2D eigenvalue weighted by molar-refractivity contribution is 0.402. The molecule has 0 aliphatic rings. The average molecular weight is 418 g/mol. The summed E-state index contributed by atoms with van der Waals surface area (Å²) in [4.78, 5) is 0.0203. The zero-order chi connectivity index (χ0) is 15.6. The second kappa shape index (κ2) is 6.10. The number of rotatable bonds is 4. The van der Waals surface area contributed by atoms with E-state index in [1.54, 1.807) is 31.2 Å². The molecule has 0 aliphatic heterocycles. The van der Waals surface area contributed by atoms with Gasteiger partial charge >= 0.3 is 0 Å². The molecular formula is C14H15IN2O3S. The first-order valence-corrected chi connectivity index (χ1v) is 8.62. The summed E-state index contributed by atoms with van der Waals surface area (Å²) in [6.45, 7) is 1.79. The monoisotopic (exact) mass is 418 g/mol. The predicted molar refractivity (Wildman–Crippen MR) is 92.1 cm³/mol. The van der Waals surface area contributed by atoms with Crippen LogP contribution in [-0.2, 0) is 10.0 Å². The van der Waals surface area contributed by atoms with Crippen LogP contribution < -0.4 is 15.2 Å². The highest BCUT2D eigenvalue weighted by Crippen LogP contribution is 2.30. The van der Waals surface area contributed by atoms with Gasteiger partial charge in [0, 0.05) is 14.9 Å². The Bertz CT molecular complexity index is 776. The summed E-state index contributed by atoms with van der Waals surface area (Å²) in [6, 6.07) is 10.1. The first-order chi connectivity index (χ1) is 9.83. The van der Waals surface area contributed by atoms with Gasteiger partial charge in [0.1, 0.15) is 10.6 Å². The molecule has 0 atom stereocenters. The Hall–Kier alpha value is -1.48. The quantitative estimate of drug-likeness (QED) is 0.591. The molecule has 0 bridgehead atoms. The Balaban J connectivity index is 2.47. The summed E-state index contributed by atoms with van der Waals surface area (Å²) in [6.07, 6.45) is 0. The molecule has 5 nitrogen and oxygen atoms in total. The molecule has 2 rings (SSSR count). The van der Waals surface area contributed by atoms with Crippen LogP contribution in [0.3, 0.4) is 0 Å². The molecule has 0 radical (unpaired) electrons. The van der Waals surface area contributed by atoms with Crippen molar-refractivity contribution in [3.63, 3.8) is 0 Å². The molecule has 0 saturated heterocycles. The van der Waals surface area contributed by atoms with E-state index in [2.05, 4.69) is 27.3 Å². The van der Waals surface area contributed by atoms with Gasteiger partial charge in [0.2, 0.25) is 0 Å². The van der Waals surface area contributed by atoms with Gasteiger partial charge in [-0.2, -0.15) is 0 Å². The maximum Gasteiger partial charge on any atom is 0.265 e. The summed E-state index contributed by atoms with van der Waals surface area (Å²) >= 11 is 2.12. The minimum Gasteiger partial charge on any atom is -0.495 e. The predicted octanol–water partition coefficient (Wildman–Crippen LogP) is 2.99. The van der Waals surface area contributed by atoms with Gasteiger partial charge in [-0.1, -0.05) is 6.07 Å². The molecule has 0 aliphatic carbocycles. The number of hydrogen-bond acceptors (Lipinski definition) is 4. The lowest BCUT2D eigenvalue weighted by Gasteiger charge is -2.13. The van der Waals surface area contributed by atoms with Crippen LogP contribution in [-0.4, -0.2) is 15.5 Å². The van der Waals surface area contributed by atoms with Crippen LogP contribution in [0.1, 0.15) is 5.56 Å². The molecule has 112 valence electrons. The van der Waals surface area contributed by atoms with E-state index >= 15 is 0 Å². The molecule has 7 heteroatoms. The standard InChI is InChI=1S/C14H15IN2O3S/c1-9-6-13(20-2)14(8-12(9)16)21(18,19)17-11-5-3-4-10(15)7-11/h3-8,17H,16H2,1-2H3. The number of hydrogen-bond donors (Lipinski definition) is 2. The van der Waals surface area contributed by atoms with Gasteiger partial charge < -0.3 is 10.5 Å². The normalized spacial score (nSPS) is 11.2. The number of ether oxygens (including phenoxy) is 1. The zero-order valence-electron chi connectivity index (χ0n) is 11.6. The van der Waals surface area contributed by atoms with E-state index in [0.29, 0.717) is 11.4 Å².